The normalized spacial score (nSPS) is 21.2. The molecule has 2 unspecified atom stereocenters. The fourth-order valence-electron chi connectivity index (χ4n) is 5.02. The van der Waals surface area contributed by atoms with E-state index in [1.807, 2.05) is 0 Å². The molecular formula is C24H23F6N7O2. The number of likely N-dealkylation sites (tertiary alicyclic amines) is 1. The number of nitrogens with two attached hydrogens (primary N) is 1. The highest BCUT2D eigenvalue weighted by Crippen LogP contribution is 2.43. The second-order valence-electron chi connectivity index (χ2n) is 9.66. The molecule has 1 aliphatic heterocycles. The van der Waals surface area contributed by atoms with Crippen molar-refractivity contribution >= 4 is 28.8 Å². The number of fused-ring (bicyclic) bond motifs is 1. The summed E-state index contributed by atoms with van der Waals surface area (Å²) in [7, 11) is 1.52. The third-order valence-electron chi connectivity index (χ3n) is 7.03. The van der Waals surface area contributed by atoms with E-state index in [1.54, 1.807) is 0 Å². The zero-order valence-electron chi connectivity index (χ0n) is 20.4. The molecule has 5 rings (SSSR count). The van der Waals surface area contributed by atoms with Gasteiger partial charge in [0.2, 0.25) is 11.8 Å². The Morgan fingerprint density at radius 3 is 2.51 bits per heavy atom. The lowest BCUT2D eigenvalue weighted by molar-refractivity contribution is -0.159. The average Bonchev–Trinajstić information content (AvgIpc) is 3.43. The number of nitrogens with one attached hydrogen (secondary N) is 2. The number of nitrogen functional groups attached to an aromatic ring is 1. The van der Waals surface area contributed by atoms with Crippen LogP contribution in [0.1, 0.15) is 28.8 Å². The molecule has 2 fully saturated rings. The molecule has 3 aromatic rings. The summed E-state index contributed by atoms with van der Waals surface area (Å²) in [4.78, 5) is 30.4. The van der Waals surface area contributed by atoms with Gasteiger partial charge in [0.25, 0.3) is 5.91 Å². The second kappa shape index (κ2) is 9.31. The SMILES string of the molecule is CNc1ccc(-c2cc(C(F)(F)F)c3c(N)ncnn23)cc1C(=O)NC1CN(C(=O)C2CC(F)(F)C2)CC1F. The Labute approximate surface area is 217 Å². The van der Waals surface area contributed by atoms with Gasteiger partial charge in [-0.05, 0) is 18.2 Å². The number of rotatable bonds is 5. The smallest absolute Gasteiger partial charge is 0.387 e. The number of aromatic nitrogens is 3. The lowest BCUT2D eigenvalue weighted by Crippen LogP contribution is -2.47. The molecule has 1 aromatic carbocycles. The Morgan fingerprint density at radius 1 is 1.15 bits per heavy atom. The van der Waals surface area contributed by atoms with Gasteiger partial charge in [-0.25, -0.2) is 22.7 Å². The van der Waals surface area contributed by atoms with E-state index in [0.29, 0.717) is 5.69 Å². The molecule has 4 N–H and O–H groups in total. The Morgan fingerprint density at radius 2 is 1.87 bits per heavy atom. The zero-order chi connectivity index (χ0) is 28.3. The topological polar surface area (TPSA) is 118 Å². The van der Waals surface area contributed by atoms with E-state index in [4.69, 9.17) is 5.73 Å². The predicted molar refractivity (Wildman–Crippen MR) is 128 cm³/mol. The van der Waals surface area contributed by atoms with Crippen molar-refractivity contribution in [2.45, 2.75) is 37.2 Å². The number of hydrogen-bond donors (Lipinski definition) is 3. The second-order valence-corrected chi connectivity index (χ2v) is 9.66. The van der Waals surface area contributed by atoms with Crippen LogP contribution in [0.15, 0.2) is 30.6 Å². The number of carbonyl (C=O) groups excluding carboxylic acids is 2. The van der Waals surface area contributed by atoms with Crippen molar-refractivity contribution in [3.63, 3.8) is 0 Å². The Kier molecular flexibility index (Phi) is 6.34. The summed E-state index contributed by atoms with van der Waals surface area (Å²) in [6, 6.07) is 4.01. The van der Waals surface area contributed by atoms with E-state index in [2.05, 4.69) is 20.7 Å². The van der Waals surface area contributed by atoms with Crippen molar-refractivity contribution in [1.82, 2.24) is 24.8 Å². The molecule has 2 aromatic heterocycles. The summed E-state index contributed by atoms with van der Waals surface area (Å²) in [5.74, 6) is -5.50. The van der Waals surface area contributed by atoms with Crippen LogP contribution in [-0.2, 0) is 11.0 Å². The number of halogens is 6. The molecule has 1 saturated heterocycles. The number of carbonyl (C=O) groups is 2. The third-order valence-corrected chi connectivity index (χ3v) is 7.03. The van der Waals surface area contributed by atoms with Crippen molar-refractivity contribution in [2.24, 2.45) is 5.92 Å². The van der Waals surface area contributed by atoms with Gasteiger partial charge in [-0.15, -0.1) is 0 Å². The number of anilines is 2. The Balaban J connectivity index is 1.41. The van der Waals surface area contributed by atoms with Crippen molar-refractivity contribution in [3.05, 3.63) is 41.7 Å². The first-order valence-electron chi connectivity index (χ1n) is 11.9. The van der Waals surface area contributed by atoms with Crippen molar-refractivity contribution in [2.75, 3.05) is 31.2 Å². The van der Waals surface area contributed by atoms with Gasteiger partial charge in [0, 0.05) is 43.6 Å². The fraction of sp³-hybridized carbons (Fsp3) is 0.417. The molecule has 2 amide bonds. The summed E-state index contributed by atoms with van der Waals surface area (Å²) in [5, 5.41) is 9.23. The molecule has 2 aliphatic rings. The summed E-state index contributed by atoms with van der Waals surface area (Å²) in [6.45, 7) is -0.543. The number of hydrogen-bond acceptors (Lipinski definition) is 6. The van der Waals surface area contributed by atoms with E-state index in [-0.39, 0.29) is 35.7 Å². The van der Waals surface area contributed by atoms with Crippen molar-refractivity contribution < 1.29 is 35.9 Å². The largest absolute Gasteiger partial charge is 0.418 e. The minimum Gasteiger partial charge on any atom is -0.387 e. The minimum atomic E-state index is -4.76. The highest BCUT2D eigenvalue weighted by molar-refractivity contribution is 6.01. The maximum Gasteiger partial charge on any atom is 0.418 e. The zero-order valence-corrected chi connectivity index (χ0v) is 20.4. The third kappa shape index (κ3) is 4.81. The van der Waals surface area contributed by atoms with Crippen LogP contribution < -0.4 is 16.4 Å². The predicted octanol–water partition coefficient (Wildman–Crippen LogP) is 3.36. The van der Waals surface area contributed by atoms with Gasteiger partial charge in [0.15, 0.2) is 5.82 Å². The number of benzene rings is 1. The van der Waals surface area contributed by atoms with Crippen molar-refractivity contribution in [3.8, 4) is 11.3 Å². The van der Waals surface area contributed by atoms with Gasteiger partial charge >= 0.3 is 6.18 Å². The summed E-state index contributed by atoms with van der Waals surface area (Å²) in [6.07, 6.45) is -6.57. The molecule has 208 valence electrons. The maximum atomic E-state index is 14.8. The van der Waals surface area contributed by atoms with Gasteiger partial charge in [-0.2, -0.15) is 18.3 Å². The highest BCUT2D eigenvalue weighted by atomic mass is 19.4. The van der Waals surface area contributed by atoms with Gasteiger partial charge in [-0.3, -0.25) is 9.59 Å². The molecule has 0 radical (unpaired) electrons. The Hall–Kier alpha value is -4.04. The van der Waals surface area contributed by atoms with E-state index in [0.717, 1.165) is 21.8 Å². The van der Waals surface area contributed by atoms with Crippen LogP contribution in [0.3, 0.4) is 0 Å². The Bertz CT molecular complexity index is 1450. The van der Waals surface area contributed by atoms with E-state index in [1.165, 1.54) is 25.2 Å². The van der Waals surface area contributed by atoms with Gasteiger partial charge in [0.05, 0.1) is 29.4 Å². The van der Waals surface area contributed by atoms with Gasteiger partial charge in [0.1, 0.15) is 18.0 Å². The van der Waals surface area contributed by atoms with E-state index in [9.17, 15) is 35.9 Å². The van der Waals surface area contributed by atoms with Gasteiger partial charge < -0.3 is 21.3 Å². The highest BCUT2D eigenvalue weighted by Gasteiger charge is 2.51. The number of alkyl halides is 6. The summed E-state index contributed by atoms with van der Waals surface area (Å²) < 4.78 is 83.2. The number of nitrogens with zero attached hydrogens (tertiary/aromatic N) is 4. The first-order chi connectivity index (χ1) is 18.3. The first kappa shape index (κ1) is 26.6. The first-order valence-corrected chi connectivity index (χ1v) is 11.9. The van der Waals surface area contributed by atoms with E-state index < -0.39 is 66.0 Å². The van der Waals surface area contributed by atoms with Crippen LogP contribution >= 0.6 is 0 Å². The lowest BCUT2D eigenvalue weighted by atomic mass is 9.80. The van der Waals surface area contributed by atoms with Crippen molar-refractivity contribution in [1.29, 1.82) is 0 Å². The fourth-order valence-corrected chi connectivity index (χ4v) is 5.02. The molecule has 0 bridgehead atoms. The molecule has 1 aliphatic carbocycles. The van der Waals surface area contributed by atoms with Crippen LogP contribution in [-0.4, -0.2) is 69.6 Å². The maximum absolute atomic E-state index is 14.8. The minimum absolute atomic E-state index is 0.00357. The lowest BCUT2D eigenvalue weighted by Gasteiger charge is -2.36. The van der Waals surface area contributed by atoms with Crippen LogP contribution in [0.4, 0.5) is 37.8 Å². The van der Waals surface area contributed by atoms with Crippen LogP contribution in [0, 0.1) is 5.92 Å². The number of amides is 2. The quantitative estimate of drug-likeness (QED) is 0.416. The summed E-state index contributed by atoms with van der Waals surface area (Å²) >= 11 is 0. The summed E-state index contributed by atoms with van der Waals surface area (Å²) in [5.41, 5.74) is 4.68. The molecule has 15 heteroatoms. The molecular weight excluding hydrogens is 532 g/mol. The molecule has 3 heterocycles. The molecule has 2 atom stereocenters. The van der Waals surface area contributed by atoms with E-state index >= 15 is 0 Å². The monoisotopic (exact) mass is 555 g/mol. The van der Waals surface area contributed by atoms with Crippen LogP contribution in [0.5, 0.6) is 0 Å². The van der Waals surface area contributed by atoms with Crippen LogP contribution in [0.2, 0.25) is 0 Å². The van der Waals surface area contributed by atoms with Gasteiger partial charge in [-0.1, -0.05) is 6.07 Å². The molecule has 9 nitrogen and oxygen atoms in total. The van der Waals surface area contributed by atoms with Crippen LogP contribution in [0.25, 0.3) is 16.8 Å². The molecule has 0 spiro atoms. The molecule has 39 heavy (non-hydrogen) atoms. The average molecular weight is 555 g/mol. The standard InChI is InChI=1S/C24H23F6N7O2/c1-32-16-3-2-11(18-5-14(24(28,29)30)19-20(31)33-10-34-37(18)19)4-13(16)21(38)35-17-9-36(8-15(17)25)22(39)12-6-23(26,27)7-12/h2-5,10,12,15,17,32H,6-9H2,1H3,(H,35,38)(H2,31,33,34). The molecule has 1 saturated carbocycles.